The molecule has 0 amide bonds. The zero-order chi connectivity index (χ0) is 39.1. The lowest BCUT2D eigenvalue weighted by atomic mass is 10.1. The summed E-state index contributed by atoms with van der Waals surface area (Å²) in [5.74, 6) is -0.978. The van der Waals surface area contributed by atoms with Crippen LogP contribution in [0.4, 0.5) is 0 Å². The Morgan fingerprint density at radius 2 is 1.00 bits per heavy atom. The monoisotopic (exact) mass is 768 g/mol. The Balaban J connectivity index is 4.38. The molecule has 0 radical (unpaired) electrons. The van der Waals surface area contributed by atoms with E-state index in [0.29, 0.717) is 12.8 Å². The smallest absolute Gasteiger partial charge is 0.462 e. The first kappa shape index (κ1) is 50.7. The highest BCUT2D eigenvalue weighted by Gasteiger charge is 2.27. The van der Waals surface area contributed by atoms with Gasteiger partial charge in [-0.25, -0.2) is 4.57 Å². The number of rotatable bonds is 37. The number of phosphoric acid groups is 1. The second-order valence-corrected chi connectivity index (χ2v) is 14.8. The van der Waals surface area contributed by atoms with Crippen LogP contribution in [-0.2, 0) is 32.7 Å². The maximum Gasteiger partial charge on any atom is 0.472 e. The molecule has 0 saturated carbocycles. The van der Waals surface area contributed by atoms with E-state index in [-0.39, 0.29) is 19.4 Å². The lowest BCUT2D eigenvalue weighted by Gasteiger charge is -2.20. The lowest BCUT2D eigenvalue weighted by Crippen LogP contribution is -2.29. The van der Waals surface area contributed by atoms with E-state index in [2.05, 4.69) is 79.1 Å². The molecule has 0 aromatic rings. The van der Waals surface area contributed by atoms with Crippen molar-refractivity contribution >= 4 is 19.8 Å². The molecule has 0 aliphatic heterocycles. The number of unbranched alkanes of at least 4 members (excludes halogenated alkanes) is 13. The van der Waals surface area contributed by atoms with Crippen molar-refractivity contribution in [3.05, 3.63) is 60.8 Å². The van der Waals surface area contributed by atoms with E-state index in [9.17, 15) is 24.2 Å². The van der Waals surface area contributed by atoms with Crippen LogP contribution in [0.3, 0.4) is 0 Å². The number of esters is 2. The van der Waals surface area contributed by atoms with Crippen LogP contribution in [0.25, 0.3) is 0 Å². The van der Waals surface area contributed by atoms with Gasteiger partial charge in [0.05, 0.1) is 19.8 Å². The molecule has 0 aliphatic rings. The number of hydrogen-bond donors (Lipinski definition) is 3. The van der Waals surface area contributed by atoms with Gasteiger partial charge in [0.1, 0.15) is 12.7 Å². The third-order valence-corrected chi connectivity index (χ3v) is 9.10. The molecule has 1 unspecified atom stereocenters. The fraction of sp³-hybridized carbons (Fsp3) is 0.714. The summed E-state index contributed by atoms with van der Waals surface area (Å²) in [5.41, 5.74) is 0. The van der Waals surface area contributed by atoms with E-state index in [0.717, 1.165) is 77.0 Å². The Bertz CT molecular complexity index is 1070. The van der Waals surface area contributed by atoms with Gasteiger partial charge in [0, 0.05) is 12.8 Å². The number of phosphoric ester groups is 1. The number of hydrogen-bond acceptors (Lipinski definition) is 9. The largest absolute Gasteiger partial charge is 0.472 e. The molecule has 0 aromatic carbocycles. The highest BCUT2D eigenvalue weighted by Crippen LogP contribution is 2.43. The third kappa shape index (κ3) is 37.8. The Hall–Kier alpha value is -2.33. The standard InChI is InChI=1S/C42H73O10P/c1-3-5-7-9-11-13-15-16-17-18-19-20-21-22-24-25-27-29-31-33-41(45)49-37-40(38-51-53(47,48)50-36-39(44)35-43)52-42(46)34-32-30-28-26-23-14-12-10-8-6-4-2/h10-13,16-17,19-20,22,24,39-40,43-44H,3-9,14-15,18,21,23,25-38H2,1-2H3,(H,47,48)/b12-10+,13-11+,17-16+,20-19+,24-22+/t39-,40+/m1/s1. The number of carbonyl (C=O) groups excluding carboxylic acids is 2. The molecule has 0 heterocycles. The number of carbonyl (C=O) groups is 2. The van der Waals surface area contributed by atoms with Crippen molar-refractivity contribution in [1.29, 1.82) is 0 Å². The summed E-state index contributed by atoms with van der Waals surface area (Å²) in [6, 6.07) is 0. The van der Waals surface area contributed by atoms with Gasteiger partial charge in [0.2, 0.25) is 0 Å². The van der Waals surface area contributed by atoms with Crippen molar-refractivity contribution in [1.82, 2.24) is 0 Å². The average Bonchev–Trinajstić information content (AvgIpc) is 3.14. The molecule has 10 nitrogen and oxygen atoms in total. The number of aliphatic hydroxyl groups excluding tert-OH is 2. The van der Waals surface area contributed by atoms with E-state index < -0.39 is 51.8 Å². The van der Waals surface area contributed by atoms with Crippen LogP contribution in [0.1, 0.15) is 155 Å². The zero-order valence-electron chi connectivity index (χ0n) is 33.0. The predicted octanol–water partition coefficient (Wildman–Crippen LogP) is 10.3. The Kier molecular flexibility index (Phi) is 36.3. The van der Waals surface area contributed by atoms with Gasteiger partial charge in [0.25, 0.3) is 0 Å². The highest BCUT2D eigenvalue weighted by molar-refractivity contribution is 7.47. The van der Waals surface area contributed by atoms with Gasteiger partial charge in [0.15, 0.2) is 6.10 Å². The zero-order valence-corrected chi connectivity index (χ0v) is 33.9. The molecule has 0 aliphatic carbocycles. The molecule has 0 rings (SSSR count). The Morgan fingerprint density at radius 1 is 0.566 bits per heavy atom. The summed E-state index contributed by atoms with van der Waals surface area (Å²) < 4.78 is 32.6. The molecule has 0 aromatic heterocycles. The second kappa shape index (κ2) is 38.0. The van der Waals surface area contributed by atoms with Crippen LogP contribution in [0.5, 0.6) is 0 Å². The summed E-state index contributed by atoms with van der Waals surface area (Å²) in [7, 11) is -4.62. The molecule has 306 valence electrons. The maximum absolute atomic E-state index is 12.5. The molecular formula is C42H73O10P. The van der Waals surface area contributed by atoms with Gasteiger partial charge in [-0.2, -0.15) is 0 Å². The molecule has 3 N–H and O–H groups in total. The minimum Gasteiger partial charge on any atom is -0.462 e. The molecular weight excluding hydrogens is 695 g/mol. The topological polar surface area (TPSA) is 149 Å². The third-order valence-electron chi connectivity index (χ3n) is 8.14. The van der Waals surface area contributed by atoms with Crippen molar-refractivity contribution in [2.45, 2.75) is 167 Å². The summed E-state index contributed by atoms with van der Waals surface area (Å²) in [4.78, 5) is 34.8. The lowest BCUT2D eigenvalue weighted by molar-refractivity contribution is -0.161. The Morgan fingerprint density at radius 3 is 1.57 bits per heavy atom. The van der Waals surface area contributed by atoms with E-state index in [1.807, 2.05) is 0 Å². The van der Waals surface area contributed by atoms with Crippen LogP contribution in [0, 0.1) is 0 Å². The first-order valence-corrected chi connectivity index (χ1v) is 21.7. The van der Waals surface area contributed by atoms with Crippen molar-refractivity contribution in [3.8, 4) is 0 Å². The minimum atomic E-state index is -4.62. The predicted molar refractivity (Wildman–Crippen MR) is 214 cm³/mol. The minimum absolute atomic E-state index is 0.163. The second-order valence-electron chi connectivity index (χ2n) is 13.3. The quantitative estimate of drug-likeness (QED) is 0.0241. The van der Waals surface area contributed by atoms with Crippen LogP contribution in [0.15, 0.2) is 60.8 Å². The molecule has 11 heteroatoms. The van der Waals surface area contributed by atoms with Crippen molar-refractivity contribution < 1.29 is 47.8 Å². The highest BCUT2D eigenvalue weighted by atomic mass is 31.2. The van der Waals surface area contributed by atoms with Crippen LogP contribution >= 0.6 is 7.82 Å². The maximum atomic E-state index is 12.5. The number of ether oxygens (including phenoxy) is 2. The molecule has 0 bridgehead atoms. The van der Waals surface area contributed by atoms with Crippen molar-refractivity contribution in [2.75, 3.05) is 26.4 Å². The van der Waals surface area contributed by atoms with Crippen molar-refractivity contribution in [2.24, 2.45) is 0 Å². The SMILES string of the molecule is CCCC/C=C/CCCCCCCC(=O)O[C@@H](COC(=O)CCCCC/C=C/C/C=C/C/C=C/C/C=C/CCCCC)COP(=O)(O)OC[C@H](O)CO. The van der Waals surface area contributed by atoms with E-state index >= 15 is 0 Å². The van der Waals surface area contributed by atoms with Gasteiger partial charge in [-0.3, -0.25) is 18.6 Å². The van der Waals surface area contributed by atoms with Gasteiger partial charge in [-0.1, -0.05) is 126 Å². The molecule has 3 atom stereocenters. The number of aliphatic hydroxyl groups is 2. The van der Waals surface area contributed by atoms with Crippen LogP contribution < -0.4 is 0 Å². The summed E-state index contributed by atoms with van der Waals surface area (Å²) in [6.07, 6.45) is 40.5. The van der Waals surface area contributed by atoms with Crippen LogP contribution in [0.2, 0.25) is 0 Å². The van der Waals surface area contributed by atoms with E-state index in [4.69, 9.17) is 19.1 Å². The first-order chi connectivity index (χ1) is 25.7. The summed E-state index contributed by atoms with van der Waals surface area (Å²) in [5, 5.41) is 18.3. The average molecular weight is 769 g/mol. The first-order valence-electron chi connectivity index (χ1n) is 20.2. The number of allylic oxidation sites excluding steroid dienone is 10. The molecule has 0 saturated heterocycles. The van der Waals surface area contributed by atoms with Gasteiger partial charge in [-0.15, -0.1) is 0 Å². The molecule has 53 heavy (non-hydrogen) atoms. The summed E-state index contributed by atoms with van der Waals surface area (Å²) >= 11 is 0. The fourth-order valence-electron chi connectivity index (χ4n) is 4.96. The van der Waals surface area contributed by atoms with Gasteiger partial charge >= 0.3 is 19.8 Å². The van der Waals surface area contributed by atoms with Gasteiger partial charge in [-0.05, 0) is 77.0 Å². The normalized spacial score (nSPS) is 14.6. The van der Waals surface area contributed by atoms with E-state index in [1.54, 1.807) is 0 Å². The van der Waals surface area contributed by atoms with Crippen molar-refractivity contribution in [3.63, 3.8) is 0 Å². The molecule has 0 fully saturated rings. The Labute approximate surface area is 321 Å². The molecule has 0 spiro atoms. The van der Waals surface area contributed by atoms with E-state index in [1.165, 1.54) is 38.5 Å². The van der Waals surface area contributed by atoms with Crippen LogP contribution in [-0.4, -0.2) is 65.7 Å². The van der Waals surface area contributed by atoms with Gasteiger partial charge < -0.3 is 24.6 Å². The summed E-state index contributed by atoms with van der Waals surface area (Å²) in [6.45, 7) is 2.24. The fourth-order valence-corrected chi connectivity index (χ4v) is 5.74.